The number of hydrogen-bond donors (Lipinski definition) is 5. The Labute approximate surface area is 300 Å². The highest BCUT2D eigenvalue weighted by Crippen LogP contribution is 2.29. The second-order valence-electron chi connectivity index (χ2n) is 13.4. The van der Waals surface area contributed by atoms with Gasteiger partial charge < -0.3 is 26.6 Å². The molecule has 12 nitrogen and oxygen atoms in total. The van der Waals surface area contributed by atoms with Crippen LogP contribution in [0.25, 0.3) is 22.5 Å². The van der Waals surface area contributed by atoms with E-state index >= 15 is 0 Å². The Morgan fingerprint density at radius 3 is 2.29 bits per heavy atom. The number of amides is 3. The second kappa shape index (κ2) is 18.3. The molecule has 1 fully saturated rings. The third kappa shape index (κ3) is 10.3. The summed E-state index contributed by atoms with van der Waals surface area (Å²) in [6, 6.07) is 20.1. The third-order valence-electron chi connectivity index (χ3n) is 9.98. The number of hydrogen-bond acceptors (Lipinski definition) is 8. The number of tetrazole rings is 1. The van der Waals surface area contributed by atoms with E-state index in [0.29, 0.717) is 42.5 Å². The normalized spacial score (nSPS) is 16.4. The van der Waals surface area contributed by atoms with E-state index in [9.17, 15) is 14.4 Å². The first-order chi connectivity index (χ1) is 24.8. The highest BCUT2D eigenvalue weighted by atomic mass is 16.2. The molecule has 0 aliphatic heterocycles. The molecule has 3 amide bonds. The SMILES string of the molecule is CCN(CC)CCCNC(=O)c1ccc(C)c(-c2ccc(CC(NC(=O)C3CCC(CN)CC3)C(=O)Nc3ccc(-c4nn[nH]n4)cc3)cc2)c1. The Morgan fingerprint density at radius 1 is 0.941 bits per heavy atom. The summed E-state index contributed by atoms with van der Waals surface area (Å²) < 4.78 is 0. The summed E-state index contributed by atoms with van der Waals surface area (Å²) in [5.41, 5.74) is 11.7. The van der Waals surface area contributed by atoms with Crippen molar-refractivity contribution in [2.24, 2.45) is 17.6 Å². The Hall–Kier alpha value is -4.94. The minimum Gasteiger partial charge on any atom is -0.352 e. The predicted octanol–water partition coefficient (Wildman–Crippen LogP) is 4.73. The van der Waals surface area contributed by atoms with Crippen molar-refractivity contribution in [3.8, 4) is 22.5 Å². The maximum atomic E-state index is 13.7. The predicted molar refractivity (Wildman–Crippen MR) is 200 cm³/mol. The maximum Gasteiger partial charge on any atom is 0.251 e. The van der Waals surface area contributed by atoms with E-state index < -0.39 is 6.04 Å². The topological polar surface area (TPSA) is 171 Å². The number of carbonyl (C=O) groups is 3. The highest BCUT2D eigenvalue weighted by molar-refractivity contribution is 5.98. The van der Waals surface area contributed by atoms with E-state index in [4.69, 9.17) is 5.73 Å². The van der Waals surface area contributed by atoms with Crippen LogP contribution in [0.1, 0.15) is 67.4 Å². The summed E-state index contributed by atoms with van der Waals surface area (Å²) in [6.07, 6.45) is 4.57. The fraction of sp³-hybridized carbons (Fsp3) is 0.436. The molecule has 1 aliphatic carbocycles. The van der Waals surface area contributed by atoms with Crippen molar-refractivity contribution in [2.75, 3.05) is 38.0 Å². The van der Waals surface area contributed by atoms with E-state index in [2.05, 4.69) is 55.3 Å². The number of aryl methyl sites for hydroxylation is 1. The van der Waals surface area contributed by atoms with Crippen LogP contribution in [0.15, 0.2) is 66.7 Å². The van der Waals surface area contributed by atoms with Gasteiger partial charge in [-0.3, -0.25) is 14.4 Å². The first-order valence-corrected chi connectivity index (χ1v) is 18.1. The zero-order valence-electron chi connectivity index (χ0n) is 30.0. The Bertz CT molecular complexity index is 1710. The molecule has 1 saturated carbocycles. The molecular formula is C39H51N9O3. The van der Waals surface area contributed by atoms with Gasteiger partial charge in [0, 0.05) is 35.7 Å². The number of anilines is 1. The molecule has 12 heteroatoms. The van der Waals surface area contributed by atoms with Crippen LogP contribution in [0.2, 0.25) is 0 Å². The molecule has 3 aromatic carbocycles. The minimum atomic E-state index is -0.789. The average molecular weight is 694 g/mol. The number of H-pyrrole nitrogens is 1. The minimum absolute atomic E-state index is 0.0852. The molecule has 1 atom stereocenters. The summed E-state index contributed by atoms with van der Waals surface area (Å²) in [5.74, 6) is 0.267. The molecule has 1 unspecified atom stereocenters. The number of nitrogens with zero attached hydrogens (tertiary/aromatic N) is 4. The highest BCUT2D eigenvalue weighted by Gasteiger charge is 2.29. The number of nitrogens with two attached hydrogens (primary N) is 1. The van der Waals surface area contributed by atoms with E-state index in [1.807, 2.05) is 49.4 Å². The van der Waals surface area contributed by atoms with Crippen molar-refractivity contribution in [3.05, 3.63) is 83.4 Å². The zero-order valence-corrected chi connectivity index (χ0v) is 30.0. The van der Waals surface area contributed by atoms with Crippen LogP contribution < -0.4 is 21.7 Å². The van der Waals surface area contributed by atoms with Crippen molar-refractivity contribution >= 4 is 23.4 Å². The first-order valence-electron chi connectivity index (χ1n) is 18.1. The first kappa shape index (κ1) is 37.3. The van der Waals surface area contributed by atoms with Crippen LogP contribution in [0.4, 0.5) is 5.69 Å². The molecule has 6 N–H and O–H groups in total. The molecule has 4 aromatic rings. The van der Waals surface area contributed by atoms with Gasteiger partial charge in [-0.1, -0.05) is 44.2 Å². The number of aromatic nitrogens is 4. The zero-order chi connectivity index (χ0) is 36.2. The van der Waals surface area contributed by atoms with Crippen molar-refractivity contribution < 1.29 is 14.4 Å². The van der Waals surface area contributed by atoms with Crippen molar-refractivity contribution in [3.63, 3.8) is 0 Å². The molecular weight excluding hydrogens is 642 g/mol. The van der Waals surface area contributed by atoms with Crippen LogP contribution in [0.3, 0.4) is 0 Å². The Morgan fingerprint density at radius 2 is 1.65 bits per heavy atom. The van der Waals surface area contributed by atoms with Crippen LogP contribution in [0, 0.1) is 18.8 Å². The van der Waals surface area contributed by atoms with E-state index in [1.165, 1.54) is 0 Å². The maximum absolute atomic E-state index is 13.7. The van der Waals surface area contributed by atoms with Gasteiger partial charge in [0.1, 0.15) is 6.04 Å². The molecule has 0 radical (unpaired) electrons. The molecule has 1 aromatic heterocycles. The molecule has 1 aliphatic rings. The molecule has 5 rings (SSSR count). The number of rotatable bonds is 16. The largest absolute Gasteiger partial charge is 0.352 e. The van der Waals surface area contributed by atoms with Gasteiger partial charge in [0.15, 0.2) is 0 Å². The van der Waals surface area contributed by atoms with Crippen LogP contribution in [0.5, 0.6) is 0 Å². The standard InChI is InChI=1S/C39H51N9O3/c1-4-48(5-2)22-6-21-41-37(49)32-12-7-26(3)34(24-32)29-13-8-27(9-14-29)23-35(43-38(50)31-15-10-28(25-40)11-16-31)39(51)42-33-19-17-30(18-20-33)36-44-46-47-45-36/h7-9,12-14,17-20,24,28,31,35H,4-6,10-11,15-16,21-23,25,40H2,1-3H3,(H,41,49)(H,42,51)(H,43,50)(H,44,45,46,47). The summed E-state index contributed by atoms with van der Waals surface area (Å²) in [4.78, 5) is 42.5. The van der Waals surface area contributed by atoms with Gasteiger partial charge in [-0.05, 0) is 135 Å². The fourth-order valence-corrected chi connectivity index (χ4v) is 6.65. The smallest absolute Gasteiger partial charge is 0.251 e. The molecule has 1 heterocycles. The van der Waals surface area contributed by atoms with Gasteiger partial charge >= 0.3 is 0 Å². The lowest BCUT2D eigenvalue weighted by atomic mass is 9.81. The Balaban J connectivity index is 1.27. The molecule has 0 spiro atoms. The van der Waals surface area contributed by atoms with Gasteiger partial charge in [-0.15, -0.1) is 10.2 Å². The lowest BCUT2D eigenvalue weighted by Gasteiger charge is -2.28. The monoisotopic (exact) mass is 693 g/mol. The lowest BCUT2D eigenvalue weighted by molar-refractivity contribution is -0.130. The number of benzene rings is 3. The number of nitrogens with one attached hydrogen (secondary N) is 4. The number of carbonyl (C=O) groups excluding carboxylic acids is 3. The van der Waals surface area contributed by atoms with Gasteiger partial charge in [0.25, 0.3) is 5.91 Å². The summed E-state index contributed by atoms with van der Waals surface area (Å²) in [5, 5.41) is 23.1. The van der Waals surface area contributed by atoms with E-state index in [-0.39, 0.29) is 23.6 Å². The summed E-state index contributed by atoms with van der Waals surface area (Å²) in [7, 11) is 0. The van der Waals surface area contributed by atoms with Crippen molar-refractivity contribution in [2.45, 2.75) is 65.3 Å². The van der Waals surface area contributed by atoms with Crippen LogP contribution in [-0.2, 0) is 16.0 Å². The third-order valence-corrected chi connectivity index (χ3v) is 9.98. The van der Waals surface area contributed by atoms with E-state index in [1.54, 1.807) is 24.3 Å². The van der Waals surface area contributed by atoms with E-state index in [0.717, 1.165) is 79.6 Å². The van der Waals surface area contributed by atoms with Gasteiger partial charge in [-0.25, -0.2) is 0 Å². The Kier molecular flexibility index (Phi) is 13.4. The summed E-state index contributed by atoms with van der Waals surface area (Å²) in [6.45, 7) is 10.5. The molecule has 51 heavy (non-hydrogen) atoms. The van der Waals surface area contributed by atoms with Crippen molar-refractivity contribution in [1.82, 2.24) is 36.2 Å². The quantitative estimate of drug-likeness (QED) is 0.105. The van der Waals surface area contributed by atoms with Gasteiger partial charge in [0.05, 0.1) is 0 Å². The average Bonchev–Trinajstić information content (AvgIpc) is 3.71. The number of aromatic amines is 1. The fourth-order valence-electron chi connectivity index (χ4n) is 6.65. The van der Waals surface area contributed by atoms with Gasteiger partial charge in [-0.2, -0.15) is 5.21 Å². The molecule has 0 saturated heterocycles. The summed E-state index contributed by atoms with van der Waals surface area (Å²) >= 11 is 0. The molecule has 0 bridgehead atoms. The molecule has 270 valence electrons. The van der Waals surface area contributed by atoms with Crippen LogP contribution >= 0.6 is 0 Å². The van der Waals surface area contributed by atoms with Crippen molar-refractivity contribution in [1.29, 1.82) is 0 Å². The van der Waals surface area contributed by atoms with Crippen LogP contribution in [-0.4, -0.2) is 82.0 Å². The second-order valence-corrected chi connectivity index (χ2v) is 13.4. The lowest BCUT2D eigenvalue weighted by Crippen LogP contribution is -2.48. The van der Waals surface area contributed by atoms with Gasteiger partial charge in [0.2, 0.25) is 17.6 Å².